The molecule has 2 N–H and O–H groups in total. The van der Waals surface area contributed by atoms with Crippen LogP contribution in [0.5, 0.6) is 0 Å². The van der Waals surface area contributed by atoms with Gasteiger partial charge < -0.3 is 15.2 Å². The molecule has 2 atom stereocenters. The molecule has 1 aromatic rings. The summed E-state index contributed by atoms with van der Waals surface area (Å²) in [6, 6.07) is 10.0. The van der Waals surface area contributed by atoms with Crippen molar-refractivity contribution in [2.75, 3.05) is 13.2 Å². The Kier molecular flexibility index (Phi) is 5.79. The van der Waals surface area contributed by atoms with Gasteiger partial charge in [-0.2, -0.15) is 0 Å². The highest BCUT2D eigenvalue weighted by Gasteiger charge is 2.13. The molecule has 0 fully saturated rings. The Labute approximate surface area is 110 Å². The fourth-order valence-electron chi connectivity index (χ4n) is 1.56. The number of benzene rings is 1. The van der Waals surface area contributed by atoms with E-state index in [9.17, 15) is 5.11 Å². The quantitative estimate of drug-likeness (QED) is 0.816. The van der Waals surface area contributed by atoms with Crippen molar-refractivity contribution < 1.29 is 9.84 Å². The van der Waals surface area contributed by atoms with Crippen molar-refractivity contribution in [1.29, 1.82) is 0 Å². The van der Waals surface area contributed by atoms with E-state index in [4.69, 9.17) is 4.74 Å². The summed E-state index contributed by atoms with van der Waals surface area (Å²) < 4.78 is 5.67. The van der Waals surface area contributed by atoms with Crippen molar-refractivity contribution in [3.8, 4) is 0 Å². The lowest BCUT2D eigenvalue weighted by Crippen LogP contribution is -2.42. The van der Waals surface area contributed by atoms with Crippen LogP contribution in [0.25, 0.3) is 0 Å². The molecule has 0 saturated carbocycles. The van der Waals surface area contributed by atoms with E-state index in [2.05, 4.69) is 26.1 Å². The first-order valence-corrected chi connectivity index (χ1v) is 6.48. The van der Waals surface area contributed by atoms with Crippen LogP contribution < -0.4 is 5.32 Å². The van der Waals surface area contributed by atoms with E-state index < -0.39 is 6.10 Å². The Morgan fingerprint density at radius 1 is 1.22 bits per heavy atom. The Morgan fingerprint density at radius 3 is 2.39 bits per heavy atom. The second-order valence-electron chi connectivity index (χ2n) is 5.67. The zero-order valence-electron chi connectivity index (χ0n) is 11.8. The van der Waals surface area contributed by atoms with E-state index in [1.165, 1.54) is 0 Å². The monoisotopic (exact) mass is 251 g/mol. The van der Waals surface area contributed by atoms with Crippen LogP contribution in [0.15, 0.2) is 30.3 Å². The molecule has 0 saturated heterocycles. The molecular weight excluding hydrogens is 226 g/mol. The minimum absolute atomic E-state index is 0.00971. The van der Waals surface area contributed by atoms with Gasteiger partial charge in [0.15, 0.2) is 0 Å². The molecule has 0 amide bonds. The minimum Gasteiger partial charge on any atom is -0.389 e. The highest BCUT2D eigenvalue weighted by atomic mass is 16.5. The van der Waals surface area contributed by atoms with Gasteiger partial charge in [-0.1, -0.05) is 30.3 Å². The molecule has 3 heteroatoms. The van der Waals surface area contributed by atoms with Crippen LogP contribution in [0, 0.1) is 0 Å². The van der Waals surface area contributed by atoms with Gasteiger partial charge >= 0.3 is 0 Å². The van der Waals surface area contributed by atoms with Crippen LogP contribution in [0.1, 0.15) is 39.4 Å². The zero-order chi connectivity index (χ0) is 13.6. The van der Waals surface area contributed by atoms with Crippen LogP contribution >= 0.6 is 0 Å². The molecule has 2 unspecified atom stereocenters. The van der Waals surface area contributed by atoms with Gasteiger partial charge in [0.05, 0.1) is 18.8 Å². The maximum atomic E-state index is 9.82. The van der Waals surface area contributed by atoms with Gasteiger partial charge in [-0.25, -0.2) is 0 Å². The fraction of sp³-hybridized carbons (Fsp3) is 0.600. The second-order valence-corrected chi connectivity index (χ2v) is 5.67. The molecule has 18 heavy (non-hydrogen) atoms. The molecule has 0 aliphatic rings. The molecule has 3 nitrogen and oxygen atoms in total. The van der Waals surface area contributed by atoms with E-state index in [0.29, 0.717) is 13.2 Å². The number of aliphatic hydroxyl groups excluding tert-OH is 1. The maximum absolute atomic E-state index is 9.82. The second kappa shape index (κ2) is 6.88. The first kappa shape index (κ1) is 15.2. The predicted molar refractivity (Wildman–Crippen MR) is 74.6 cm³/mol. The van der Waals surface area contributed by atoms with Crippen molar-refractivity contribution in [1.82, 2.24) is 5.32 Å². The molecule has 1 aromatic carbocycles. The van der Waals surface area contributed by atoms with Crippen LogP contribution in [-0.4, -0.2) is 29.9 Å². The lowest BCUT2D eigenvalue weighted by Gasteiger charge is -2.23. The van der Waals surface area contributed by atoms with Gasteiger partial charge in [-0.05, 0) is 33.3 Å². The molecule has 0 aromatic heterocycles. The van der Waals surface area contributed by atoms with Crippen LogP contribution in [0.4, 0.5) is 0 Å². The highest BCUT2D eigenvalue weighted by Crippen LogP contribution is 2.15. The Morgan fingerprint density at radius 2 is 1.83 bits per heavy atom. The summed E-state index contributed by atoms with van der Waals surface area (Å²) in [5, 5.41) is 13.1. The van der Waals surface area contributed by atoms with Crippen LogP contribution in [0.2, 0.25) is 0 Å². The Bertz CT molecular complexity index is 332. The highest BCUT2D eigenvalue weighted by molar-refractivity contribution is 5.16. The summed E-state index contributed by atoms with van der Waals surface area (Å²) in [5.41, 5.74) is 1.15. The number of ether oxygens (including phenoxy) is 1. The number of hydrogen-bond acceptors (Lipinski definition) is 3. The van der Waals surface area contributed by atoms with E-state index in [1.54, 1.807) is 0 Å². The predicted octanol–water partition coefficient (Wildman–Crippen LogP) is 2.51. The number of hydrogen-bond donors (Lipinski definition) is 2. The average molecular weight is 251 g/mol. The van der Waals surface area contributed by atoms with Crippen molar-refractivity contribution in [2.24, 2.45) is 0 Å². The SMILES string of the molecule is CC(OCC(O)CNC(C)(C)C)c1ccccc1. The van der Waals surface area contributed by atoms with E-state index >= 15 is 0 Å². The summed E-state index contributed by atoms with van der Waals surface area (Å²) in [6.45, 7) is 9.12. The first-order chi connectivity index (χ1) is 8.38. The van der Waals surface area contributed by atoms with Gasteiger partial charge in [0.1, 0.15) is 0 Å². The van der Waals surface area contributed by atoms with Crippen molar-refractivity contribution in [2.45, 2.75) is 45.4 Å². The third-order valence-corrected chi connectivity index (χ3v) is 2.68. The molecular formula is C15H25NO2. The summed E-state index contributed by atoms with van der Waals surface area (Å²) in [7, 11) is 0. The van der Waals surface area contributed by atoms with Crippen molar-refractivity contribution >= 4 is 0 Å². The minimum atomic E-state index is -0.476. The molecule has 0 spiro atoms. The van der Waals surface area contributed by atoms with Crippen molar-refractivity contribution in [3.05, 3.63) is 35.9 Å². The average Bonchev–Trinajstić information content (AvgIpc) is 2.33. The third kappa shape index (κ3) is 6.15. The van der Waals surface area contributed by atoms with E-state index in [-0.39, 0.29) is 11.6 Å². The summed E-state index contributed by atoms with van der Waals surface area (Å²) >= 11 is 0. The molecule has 0 radical (unpaired) electrons. The number of β-amino-alcohol motifs (C(OH)–C–C–N with tert-alkyl or cyclic N) is 1. The maximum Gasteiger partial charge on any atom is 0.0898 e. The summed E-state index contributed by atoms with van der Waals surface area (Å²) in [4.78, 5) is 0. The molecule has 0 heterocycles. The molecule has 0 aliphatic heterocycles. The number of rotatable bonds is 6. The standard InChI is InChI=1S/C15H25NO2/c1-12(13-8-6-5-7-9-13)18-11-14(17)10-16-15(2,3)4/h5-9,12,14,16-17H,10-11H2,1-4H3. The third-order valence-electron chi connectivity index (χ3n) is 2.68. The lowest BCUT2D eigenvalue weighted by atomic mass is 10.1. The molecule has 0 bridgehead atoms. The number of aliphatic hydroxyl groups is 1. The van der Waals surface area contributed by atoms with Gasteiger partial charge in [0.2, 0.25) is 0 Å². The van der Waals surface area contributed by atoms with Crippen LogP contribution in [0.3, 0.4) is 0 Å². The van der Waals surface area contributed by atoms with Gasteiger partial charge in [-0.3, -0.25) is 0 Å². The smallest absolute Gasteiger partial charge is 0.0898 e. The zero-order valence-corrected chi connectivity index (χ0v) is 11.8. The van der Waals surface area contributed by atoms with E-state index in [0.717, 1.165) is 5.56 Å². The van der Waals surface area contributed by atoms with Crippen LogP contribution in [-0.2, 0) is 4.74 Å². The fourth-order valence-corrected chi connectivity index (χ4v) is 1.56. The lowest BCUT2D eigenvalue weighted by molar-refractivity contribution is -0.00387. The normalized spacial score (nSPS) is 15.4. The van der Waals surface area contributed by atoms with Gasteiger partial charge in [0, 0.05) is 12.1 Å². The van der Waals surface area contributed by atoms with Crippen molar-refractivity contribution in [3.63, 3.8) is 0 Å². The van der Waals surface area contributed by atoms with Gasteiger partial charge in [-0.15, -0.1) is 0 Å². The Hall–Kier alpha value is -0.900. The molecule has 102 valence electrons. The molecule has 0 aliphatic carbocycles. The Balaban J connectivity index is 2.28. The number of nitrogens with one attached hydrogen (secondary N) is 1. The van der Waals surface area contributed by atoms with E-state index in [1.807, 2.05) is 37.3 Å². The van der Waals surface area contributed by atoms with Gasteiger partial charge in [0.25, 0.3) is 0 Å². The largest absolute Gasteiger partial charge is 0.389 e. The molecule has 1 rings (SSSR count). The summed E-state index contributed by atoms with van der Waals surface area (Å²) in [6.07, 6.45) is -0.467. The topological polar surface area (TPSA) is 41.5 Å². The summed E-state index contributed by atoms with van der Waals surface area (Å²) in [5.74, 6) is 0. The first-order valence-electron chi connectivity index (χ1n) is 6.48.